The third-order valence-corrected chi connectivity index (χ3v) is 4.90. The van der Waals surface area contributed by atoms with Crippen molar-refractivity contribution in [3.63, 3.8) is 0 Å². The molecule has 0 amide bonds. The molecule has 0 fully saturated rings. The van der Waals surface area contributed by atoms with E-state index in [2.05, 4.69) is 73.2 Å². The van der Waals surface area contributed by atoms with Crippen molar-refractivity contribution in [3.8, 4) is 0 Å². The largest absolute Gasteiger partial charge is 0.500 e. The molecule has 0 N–H and O–H groups in total. The molecule has 0 heterocycles. The molecular weight excluding hydrogens is 268 g/mol. The standard InChI is InChI=1S/C21H32O/c1-10-21(8,15(4)5)20(22-9)19(14(2)3)18-12-16(6)11-17(7)13-18/h11-13,15H,2,10H2,1,3-9H3/b20-19-. The summed E-state index contributed by atoms with van der Waals surface area (Å²) >= 11 is 0. The van der Waals surface area contributed by atoms with Crippen LogP contribution in [-0.4, -0.2) is 7.11 Å². The summed E-state index contributed by atoms with van der Waals surface area (Å²) in [5.41, 5.74) is 5.97. The number of benzene rings is 1. The van der Waals surface area contributed by atoms with E-state index in [1.54, 1.807) is 7.11 Å². The van der Waals surface area contributed by atoms with Crippen LogP contribution < -0.4 is 0 Å². The molecule has 0 spiro atoms. The van der Waals surface area contributed by atoms with Crippen LogP contribution in [0.2, 0.25) is 0 Å². The lowest BCUT2D eigenvalue weighted by molar-refractivity contribution is 0.135. The molecule has 1 atom stereocenters. The molecule has 1 rings (SSSR count). The highest BCUT2D eigenvalue weighted by Gasteiger charge is 2.35. The second-order valence-electron chi connectivity index (χ2n) is 6.99. The second kappa shape index (κ2) is 7.17. The molecule has 1 aromatic rings. The van der Waals surface area contributed by atoms with Crippen molar-refractivity contribution in [1.29, 1.82) is 0 Å². The van der Waals surface area contributed by atoms with Gasteiger partial charge in [0.05, 0.1) is 7.11 Å². The van der Waals surface area contributed by atoms with E-state index in [-0.39, 0.29) is 5.41 Å². The van der Waals surface area contributed by atoms with Crippen LogP contribution in [0.3, 0.4) is 0 Å². The fourth-order valence-corrected chi connectivity index (χ4v) is 3.14. The maximum Gasteiger partial charge on any atom is 0.110 e. The lowest BCUT2D eigenvalue weighted by Crippen LogP contribution is -2.27. The number of hydrogen-bond donors (Lipinski definition) is 0. The highest BCUT2D eigenvalue weighted by atomic mass is 16.5. The Hall–Kier alpha value is -1.50. The van der Waals surface area contributed by atoms with Crippen molar-refractivity contribution in [1.82, 2.24) is 0 Å². The number of ether oxygens (including phenoxy) is 1. The Kier molecular flexibility index (Phi) is 6.05. The zero-order valence-electron chi connectivity index (χ0n) is 15.6. The SMILES string of the molecule is C=C(C)/C(=C(/OC)C(C)(CC)C(C)C)c1cc(C)cc(C)c1. The summed E-state index contributed by atoms with van der Waals surface area (Å²) in [6.45, 7) is 19.6. The van der Waals surface area contributed by atoms with E-state index in [0.717, 1.165) is 23.3 Å². The highest BCUT2D eigenvalue weighted by molar-refractivity contribution is 5.80. The Morgan fingerprint density at radius 2 is 1.68 bits per heavy atom. The van der Waals surface area contributed by atoms with Gasteiger partial charge < -0.3 is 4.74 Å². The van der Waals surface area contributed by atoms with Crippen LogP contribution >= 0.6 is 0 Å². The quantitative estimate of drug-likeness (QED) is 0.442. The Balaban J connectivity index is 3.71. The first-order chi connectivity index (χ1) is 10.2. The van der Waals surface area contributed by atoms with Crippen molar-refractivity contribution in [2.75, 3.05) is 7.11 Å². The van der Waals surface area contributed by atoms with Crippen LogP contribution in [-0.2, 0) is 4.74 Å². The molecule has 1 nitrogen and oxygen atoms in total. The zero-order valence-corrected chi connectivity index (χ0v) is 15.6. The molecular formula is C21H32O. The molecule has 0 radical (unpaired) electrons. The molecule has 1 heteroatoms. The summed E-state index contributed by atoms with van der Waals surface area (Å²) in [4.78, 5) is 0. The predicted molar refractivity (Wildman–Crippen MR) is 97.9 cm³/mol. The van der Waals surface area contributed by atoms with Gasteiger partial charge in [0.25, 0.3) is 0 Å². The highest BCUT2D eigenvalue weighted by Crippen LogP contribution is 2.44. The minimum absolute atomic E-state index is 0.000679. The fourth-order valence-electron chi connectivity index (χ4n) is 3.14. The first-order valence-corrected chi connectivity index (χ1v) is 8.20. The third kappa shape index (κ3) is 3.63. The monoisotopic (exact) mass is 300 g/mol. The Morgan fingerprint density at radius 1 is 1.18 bits per heavy atom. The lowest BCUT2D eigenvalue weighted by Gasteiger charge is -2.36. The van der Waals surface area contributed by atoms with Crippen LogP contribution in [0.15, 0.2) is 36.1 Å². The molecule has 0 aliphatic rings. The first kappa shape index (κ1) is 18.5. The van der Waals surface area contributed by atoms with E-state index in [0.29, 0.717) is 5.92 Å². The molecule has 1 aromatic carbocycles. The molecule has 122 valence electrons. The summed E-state index contributed by atoms with van der Waals surface area (Å²) in [7, 11) is 1.79. The van der Waals surface area contributed by atoms with Gasteiger partial charge in [-0.2, -0.15) is 0 Å². The van der Waals surface area contributed by atoms with E-state index in [1.165, 1.54) is 16.7 Å². The van der Waals surface area contributed by atoms with Crippen molar-refractivity contribution in [2.24, 2.45) is 11.3 Å². The molecule has 0 saturated heterocycles. The van der Waals surface area contributed by atoms with Crippen molar-refractivity contribution < 1.29 is 4.74 Å². The van der Waals surface area contributed by atoms with Gasteiger partial charge in [-0.25, -0.2) is 0 Å². The Morgan fingerprint density at radius 3 is 2.00 bits per heavy atom. The van der Waals surface area contributed by atoms with Crippen LogP contribution in [0.1, 0.15) is 57.7 Å². The molecule has 0 aromatic heterocycles. The predicted octanol–water partition coefficient (Wildman–Crippen LogP) is 6.31. The summed E-state index contributed by atoms with van der Waals surface area (Å²) in [5, 5.41) is 0. The zero-order chi connectivity index (χ0) is 17.1. The number of aryl methyl sites for hydroxylation is 2. The molecule has 1 unspecified atom stereocenters. The fraction of sp³-hybridized carbons (Fsp3) is 0.524. The molecule has 0 saturated carbocycles. The smallest absolute Gasteiger partial charge is 0.110 e. The maximum absolute atomic E-state index is 5.94. The average Bonchev–Trinajstić information content (AvgIpc) is 2.41. The van der Waals surface area contributed by atoms with E-state index >= 15 is 0 Å². The van der Waals surface area contributed by atoms with Crippen molar-refractivity contribution >= 4 is 5.57 Å². The summed E-state index contributed by atoms with van der Waals surface area (Å²) in [5.74, 6) is 1.55. The number of allylic oxidation sites excluding steroid dienone is 3. The van der Waals surface area contributed by atoms with Gasteiger partial charge in [-0.1, -0.05) is 63.6 Å². The first-order valence-electron chi connectivity index (χ1n) is 8.20. The minimum atomic E-state index is 0.000679. The van der Waals surface area contributed by atoms with Gasteiger partial charge >= 0.3 is 0 Å². The lowest BCUT2D eigenvalue weighted by atomic mass is 9.72. The van der Waals surface area contributed by atoms with Crippen molar-refractivity contribution in [3.05, 3.63) is 52.8 Å². The van der Waals surface area contributed by atoms with Gasteiger partial charge in [-0.3, -0.25) is 0 Å². The molecule has 22 heavy (non-hydrogen) atoms. The molecule has 0 bridgehead atoms. The average molecular weight is 300 g/mol. The number of rotatable bonds is 6. The Bertz CT molecular complexity index is 557. The van der Waals surface area contributed by atoms with Gasteiger partial charge in [-0.15, -0.1) is 0 Å². The second-order valence-corrected chi connectivity index (χ2v) is 6.99. The van der Waals surface area contributed by atoms with Crippen LogP contribution in [0, 0.1) is 25.2 Å². The van der Waals surface area contributed by atoms with E-state index in [9.17, 15) is 0 Å². The number of hydrogen-bond acceptors (Lipinski definition) is 1. The van der Waals surface area contributed by atoms with E-state index in [4.69, 9.17) is 4.74 Å². The Labute approximate surface area is 137 Å². The topological polar surface area (TPSA) is 9.23 Å². The van der Waals surface area contributed by atoms with Gasteiger partial charge in [0.15, 0.2) is 0 Å². The summed E-state index contributed by atoms with van der Waals surface area (Å²) in [6, 6.07) is 6.66. The van der Waals surface area contributed by atoms with Crippen molar-refractivity contribution in [2.45, 2.75) is 54.9 Å². The van der Waals surface area contributed by atoms with Crippen LogP contribution in [0.4, 0.5) is 0 Å². The van der Waals surface area contributed by atoms with E-state index in [1.807, 2.05) is 0 Å². The van der Waals surface area contributed by atoms with Gasteiger partial charge in [0.2, 0.25) is 0 Å². The normalized spacial score (nSPS) is 15.3. The molecule has 0 aliphatic carbocycles. The van der Waals surface area contributed by atoms with Gasteiger partial charge in [-0.05, 0) is 44.2 Å². The number of methoxy groups -OCH3 is 1. The third-order valence-electron chi connectivity index (χ3n) is 4.90. The van der Waals surface area contributed by atoms with Crippen LogP contribution in [0.5, 0.6) is 0 Å². The van der Waals surface area contributed by atoms with Gasteiger partial charge in [0, 0.05) is 11.0 Å². The minimum Gasteiger partial charge on any atom is -0.500 e. The summed E-state index contributed by atoms with van der Waals surface area (Å²) < 4.78 is 5.94. The van der Waals surface area contributed by atoms with Gasteiger partial charge in [0.1, 0.15) is 5.76 Å². The summed E-state index contributed by atoms with van der Waals surface area (Å²) in [6.07, 6.45) is 1.04. The van der Waals surface area contributed by atoms with E-state index < -0.39 is 0 Å². The maximum atomic E-state index is 5.94. The molecule has 0 aliphatic heterocycles. The van der Waals surface area contributed by atoms with Crippen LogP contribution in [0.25, 0.3) is 5.57 Å².